The molecule has 1 N–H and O–H groups in total. The number of nitrogens with zero attached hydrogens (tertiary/aromatic N) is 5. The van der Waals surface area contributed by atoms with Crippen LogP contribution in [0.3, 0.4) is 0 Å². The van der Waals surface area contributed by atoms with Crippen molar-refractivity contribution in [2.45, 2.75) is 27.3 Å². The van der Waals surface area contributed by atoms with Gasteiger partial charge in [-0.2, -0.15) is 10.2 Å². The molecule has 3 aromatic rings. The zero-order valence-electron chi connectivity index (χ0n) is 14.6. The summed E-state index contributed by atoms with van der Waals surface area (Å²) in [5.74, 6) is -0.175. The Hall–Kier alpha value is -3.49. The van der Waals surface area contributed by atoms with E-state index in [4.69, 9.17) is 0 Å². The number of carbonyl (C=O) groups is 1. The summed E-state index contributed by atoms with van der Waals surface area (Å²) in [6, 6.07) is 11.0. The second-order valence-electron chi connectivity index (χ2n) is 5.73. The molecule has 0 spiro atoms. The summed E-state index contributed by atoms with van der Waals surface area (Å²) in [6.45, 7) is 5.43. The highest BCUT2D eigenvalue weighted by Crippen LogP contribution is 2.25. The minimum Gasteiger partial charge on any atom is -0.305 e. The van der Waals surface area contributed by atoms with Crippen LogP contribution in [-0.4, -0.2) is 30.4 Å². The van der Waals surface area contributed by atoms with Gasteiger partial charge in [0.15, 0.2) is 0 Å². The molecule has 1 aromatic carbocycles. The Morgan fingerprint density at radius 1 is 1.23 bits per heavy atom. The number of benzene rings is 1. The fourth-order valence-electron chi connectivity index (χ4n) is 2.77. The molecule has 0 atom stereocenters. The van der Waals surface area contributed by atoms with Crippen LogP contribution in [0.1, 0.15) is 28.8 Å². The van der Waals surface area contributed by atoms with Crippen molar-refractivity contribution in [3.8, 4) is 5.69 Å². The fraction of sp³-hybridized carbons (Fsp3) is 0.235. The highest BCUT2D eigenvalue weighted by atomic mass is 16.6. The van der Waals surface area contributed by atoms with Crippen LogP contribution in [0.5, 0.6) is 0 Å². The fourth-order valence-corrected chi connectivity index (χ4v) is 2.77. The summed E-state index contributed by atoms with van der Waals surface area (Å²) in [7, 11) is 0. The maximum atomic E-state index is 12.8. The summed E-state index contributed by atoms with van der Waals surface area (Å²) >= 11 is 0. The number of amides is 1. The quantitative estimate of drug-likeness (QED) is 0.560. The van der Waals surface area contributed by atoms with Crippen molar-refractivity contribution in [3.63, 3.8) is 0 Å². The van der Waals surface area contributed by atoms with E-state index >= 15 is 0 Å². The monoisotopic (exact) mass is 354 g/mol. The Balaban J connectivity index is 2.02. The molecule has 0 aliphatic carbocycles. The summed E-state index contributed by atoms with van der Waals surface area (Å²) in [5.41, 5.74) is 1.32. The number of aryl methyl sites for hydroxylation is 3. The minimum atomic E-state index is -0.601. The molecule has 0 saturated carbocycles. The van der Waals surface area contributed by atoms with E-state index in [0.29, 0.717) is 18.1 Å². The molecule has 0 saturated heterocycles. The van der Waals surface area contributed by atoms with Crippen LogP contribution < -0.4 is 5.32 Å². The van der Waals surface area contributed by atoms with Gasteiger partial charge in [-0.05, 0) is 32.9 Å². The Bertz CT molecular complexity index is 974. The molecule has 2 aromatic heterocycles. The number of anilines is 1. The van der Waals surface area contributed by atoms with Crippen molar-refractivity contribution >= 4 is 17.4 Å². The van der Waals surface area contributed by atoms with Crippen molar-refractivity contribution < 1.29 is 9.72 Å². The van der Waals surface area contributed by atoms with Gasteiger partial charge in [0, 0.05) is 12.6 Å². The van der Waals surface area contributed by atoms with Gasteiger partial charge < -0.3 is 5.32 Å². The normalized spacial score (nSPS) is 10.7. The molecule has 0 aliphatic heterocycles. The van der Waals surface area contributed by atoms with Gasteiger partial charge in [0.2, 0.25) is 5.69 Å². The van der Waals surface area contributed by atoms with Gasteiger partial charge in [-0.15, -0.1) is 0 Å². The average molecular weight is 354 g/mol. The Morgan fingerprint density at radius 2 is 1.92 bits per heavy atom. The van der Waals surface area contributed by atoms with Crippen LogP contribution in [0, 0.1) is 24.0 Å². The molecule has 3 rings (SSSR count). The van der Waals surface area contributed by atoms with E-state index in [1.807, 2.05) is 30.3 Å². The predicted octanol–water partition coefficient (Wildman–Crippen LogP) is 2.87. The van der Waals surface area contributed by atoms with E-state index in [2.05, 4.69) is 15.5 Å². The topological polar surface area (TPSA) is 108 Å². The highest BCUT2D eigenvalue weighted by molar-refractivity contribution is 6.05. The molecule has 2 heterocycles. The minimum absolute atomic E-state index is 0.0755. The van der Waals surface area contributed by atoms with E-state index in [0.717, 1.165) is 5.69 Å². The van der Waals surface area contributed by atoms with Gasteiger partial charge >= 0.3 is 5.69 Å². The molecule has 0 radical (unpaired) electrons. The summed E-state index contributed by atoms with van der Waals surface area (Å²) in [5, 5.41) is 22.6. The molecule has 0 bridgehead atoms. The van der Waals surface area contributed by atoms with Crippen LogP contribution in [0.4, 0.5) is 11.5 Å². The molecule has 9 nitrogen and oxygen atoms in total. The van der Waals surface area contributed by atoms with Crippen molar-refractivity contribution in [2.24, 2.45) is 0 Å². The SMILES string of the molecule is CCn1nc(C)c([N+](=O)[O-])c1C(=O)Nc1cc(C)nn1-c1ccccc1. The van der Waals surface area contributed by atoms with Crippen LogP contribution in [0.15, 0.2) is 36.4 Å². The Kier molecular flexibility index (Phi) is 4.53. The molecule has 9 heteroatoms. The van der Waals surface area contributed by atoms with Gasteiger partial charge in [0.05, 0.1) is 16.3 Å². The first-order chi connectivity index (χ1) is 12.4. The van der Waals surface area contributed by atoms with Crippen LogP contribution >= 0.6 is 0 Å². The van der Waals surface area contributed by atoms with E-state index in [-0.39, 0.29) is 17.1 Å². The maximum absolute atomic E-state index is 12.8. The number of nitro groups is 1. The first-order valence-corrected chi connectivity index (χ1v) is 8.07. The number of hydrogen-bond donors (Lipinski definition) is 1. The third kappa shape index (κ3) is 3.06. The smallest absolute Gasteiger partial charge is 0.305 e. The molecule has 1 amide bonds. The molecule has 134 valence electrons. The molecule has 0 unspecified atom stereocenters. The van der Waals surface area contributed by atoms with Crippen LogP contribution in [0.25, 0.3) is 5.69 Å². The number of carbonyl (C=O) groups excluding carboxylic acids is 1. The van der Waals surface area contributed by atoms with E-state index in [9.17, 15) is 14.9 Å². The molecule has 0 fully saturated rings. The Labute approximate surface area is 149 Å². The number of aromatic nitrogens is 4. The summed E-state index contributed by atoms with van der Waals surface area (Å²) < 4.78 is 2.91. The summed E-state index contributed by atoms with van der Waals surface area (Å²) in [6.07, 6.45) is 0. The number of nitrogens with one attached hydrogen (secondary N) is 1. The first-order valence-electron chi connectivity index (χ1n) is 8.07. The van der Waals surface area contributed by atoms with Gasteiger partial charge in [0.1, 0.15) is 11.5 Å². The number of rotatable bonds is 5. The zero-order chi connectivity index (χ0) is 18.8. The van der Waals surface area contributed by atoms with Crippen molar-refractivity contribution in [1.82, 2.24) is 19.6 Å². The second-order valence-corrected chi connectivity index (χ2v) is 5.73. The van der Waals surface area contributed by atoms with Gasteiger partial charge in [-0.3, -0.25) is 19.6 Å². The lowest BCUT2D eigenvalue weighted by atomic mass is 10.3. The van der Waals surface area contributed by atoms with Crippen molar-refractivity contribution in [2.75, 3.05) is 5.32 Å². The lowest BCUT2D eigenvalue weighted by molar-refractivity contribution is -0.385. The highest BCUT2D eigenvalue weighted by Gasteiger charge is 2.30. The number of para-hydroxylation sites is 1. The summed E-state index contributed by atoms with van der Waals surface area (Å²) in [4.78, 5) is 23.6. The van der Waals surface area contributed by atoms with Crippen molar-refractivity contribution in [3.05, 3.63) is 63.6 Å². The predicted molar refractivity (Wildman–Crippen MR) is 95.5 cm³/mol. The van der Waals surface area contributed by atoms with Gasteiger partial charge in [-0.25, -0.2) is 4.68 Å². The number of hydrogen-bond acceptors (Lipinski definition) is 5. The standard InChI is InChI=1S/C17H18N6O3/c1-4-21-16(15(23(25)26)12(3)20-21)17(24)18-14-10-11(2)19-22(14)13-8-6-5-7-9-13/h5-10H,4H2,1-3H3,(H,18,24). The van der Waals surface area contributed by atoms with Gasteiger partial charge in [-0.1, -0.05) is 18.2 Å². The third-order valence-electron chi connectivity index (χ3n) is 3.87. The maximum Gasteiger partial charge on any atom is 0.322 e. The molecular weight excluding hydrogens is 336 g/mol. The molecular formula is C17H18N6O3. The molecule has 26 heavy (non-hydrogen) atoms. The van der Waals surface area contributed by atoms with Crippen LogP contribution in [-0.2, 0) is 6.54 Å². The van der Waals surface area contributed by atoms with E-state index in [1.165, 1.54) is 11.6 Å². The van der Waals surface area contributed by atoms with Crippen molar-refractivity contribution in [1.29, 1.82) is 0 Å². The molecule has 0 aliphatic rings. The zero-order valence-corrected chi connectivity index (χ0v) is 14.6. The largest absolute Gasteiger partial charge is 0.322 e. The van der Waals surface area contributed by atoms with E-state index in [1.54, 1.807) is 24.6 Å². The van der Waals surface area contributed by atoms with Crippen LogP contribution in [0.2, 0.25) is 0 Å². The van der Waals surface area contributed by atoms with E-state index < -0.39 is 10.8 Å². The average Bonchev–Trinajstić information content (AvgIpc) is 3.15. The van der Waals surface area contributed by atoms with Gasteiger partial charge in [0.25, 0.3) is 5.91 Å². The lowest BCUT2D eigenvalue weighted by Gasteiger charge is -2.09. The first kappa shape index (κ1) is 17.3. The third-order valence-corrected chi connectivity index (χ3v) is 3.87. The Morgan fingerprint density at radius 3 is 2.54 bits per heavy atom. The lowest BCUT2D eigenvalue weighted by Crippen LogP contribution is -2.20. The second kappa shape index (κ2) is 6.79.